The van der Waals surface area contributed by atoms with Crippen molar-refractivity contribution in [3.63, 3.8) is 0 Å². The van der Waals surface area contributed by atoms with Crippen LogP contribution in [-0.2, 0) is 6.61 Å². The van der Waals surface area contributed by atoms with Crippen molar-refractivity contribution in [3.8, 4) is 11.8 Å². The maximum absolute atomic E-state index is 9.51. The normalized spacial score (nSPS) is 11.1. The van der Waals surface area contributed by atoms with Crippen LogP contribution in [-0.4, -0.2) is 0 Å². The van der Waals surface area contributed by atoms with Crippen molar-refractivity contribution in [1.29, 1.82) is 5.26 Å². The summed E-state index contributed by atoms with van der Waals surface area (Å²) in [4.78, 5) is 0. The van der Waals surface area contributed by atoms with Crippen molar-refractivity contribution in [1.82, 2.24) is 0 Å². The monoisotopic (exact) mass is 505 g/mol. The molecule has 3 aromatic carbocycles. The largest absolute Gasteiger partial charge is 0.488 e. The highest BCUT2D eigenvalue weighted by Gasteiger charge is 2.07. The van der Waals surface area contributed by atoms with Gasteiger partial charge in [-0.1, -0.05) is 59.6 Å². The van der Waals surface area contributed by atoms with Crippen molar-refractivity contribution < 1.29 is 4.74 Å². The van der Waals surface area contributed by atoms with E-state index < -0.39 is 0 Å². The second-order valence-corrected chi connectivity index (χ2v) is 7.76. The van der Waals surface area contributed by atoms with Crippen LogP contribution in [0.4, 0.5) is 0 Å². The number of nitrogens with zero attached hydrogens (tertiary/aromatic N) is 1. The number of allylic oxidation sites excluding steroid dienone is 1. The van der Waals surface area contributed by atoms with Crippen LogP contribution < -0.4 is 4.74 Å². The van der Waals surface area contributed by atoms with Crippen LogP contribution in [0.5, 0.6) is 5.75 Å². The van der Waals surface area contributed by atoms with Crippen LogP contribution in [0.25, 0.3) is 11.6 Å². The first-order valence-electron chi connectivity index (χ1n) is 8.10. The highest BCUT2D eigenvalue weighted by atomic mass is 127. The molecule has 0 N–H and O–H groups in total. The molecule has 0 aliphatic heterocycles. The molecule has 0 aromatic heterocycles. The van der Waals surface area contributed by atoms with Crippen LogP contribution >= 0.6 is 45.8 Å². The fraction of sp³-hybridized carbons (Fsp3) is 0.0455. The van der Waals surface area contributed by atoms with E-state index in [1.54, 1.807) is 6.07 Å². The van der Waals surface area contributed by atoms with Crippen molar-refractivity contribution in [2.45, 2.75) is 6.61 Å². The maximum Gasteiger partial charge on any atom is 0.133 e. The van der Waals surface area contributed by atoms with E-state index in [1.807, 2.05) is 66.7 Å². The molecule has 0 radical (unpaired) electrons. The number of hydrogen-bond donors (Lipinski definition) is 0. The van der Waals surface area contributed by atoms with Gasteiger partial charge in [-0.2, -0.15) is 5.26 Å². The van der Waals surface area contributed by atoms with Gasteiger partial charge in [0, 0.05) is 15.6 Å². The topological polar surface area (TPSA) is 33.0 Å². The lowest BCUT2D eigenvalue weighted by molar-refractivity contribution is 0.304. The molecule has 0 amide bonds. The Kier molecular flexibility index (Phi) is 6.78. The fourth-order valence-electron chi connectivity index (χ4n) is 2.48. The lowest BCUT2D eigenvalue weighted by Crippen LogP contribution is -1.97. The standard InChI is InChI=1S/C22H14Cl2INO/c23-18-8-5-15(6-9-18)14-27-22-10-7-16(12-21(22)25)11-17(13-26)19-3-1-2-4-20(19)24/h1-12H,14H2. The lowest BCUT2D eigenvalue weighted by Gasteiger charge is -2.09. The summed E-state index contributed by atoms with van der Waals surface area (Å²) < 4.78 is 6.86. The summed E-state index contributed by atoms with van der Waals surface area (Å²) in [5, 5.41) is 10.8. The van der Waals surface area contributed by atoms with Gasteiger partial charge in [0.1, 0.15) is 12.4 Å². The Morgan fingerprint density at radius 1 is 1.04 bits per heavy atom. The van der Waals surface area contributed by atoms with Gasteiger partial charge in [0.15, 0.2) is 0 Å². The van der Waals surface area contributed by atoms with Gasteiger partial charge in [0.05, 0.1) is 15.2 Å². The predicted molar refractivity (Wildman–Crippen MR) is 120 cm³/mol. The molecule has 0 aliphatic rings. The molecule has 3 aromatic rings. The molecule has 0 heterocycles. The van der Waals surface area contributed by atoms with Gasteiger partial charge < -0.3 is 4.74 Å². The van der Waals surface area contributed by atoms with Crippen molar-refractivity contribution in [2.24, 2.45) is 0 Å². The van der Waals surface area contributed by atoms with E-state index in [0.717, 1.165) is 26.0 Å². The third kappa shape index (κ3) is 5.26. The summed E-state index contributed by atoms with van der Waals surface area (Å²) in [7, 11) is 0. The van der Waals surface area contributed by atoms with Gasteiger partial charge in [0.25, 0.3) is 0 Å². The fourth-order valence-corrected chi connectivity index (χ4v) is 3.54. The molecule has 5 heteroatoms. The molecule has 3 rings (SSSR count). The molecular weight excluding hydrogens is 492 g/mol. The van der Waals surface area contributed by atoms with Gasteiger partial charge in [-0.25, -0.2) is 0 Å². The smallest absolute Gasteiger partial charge is 0.133 e. The van der Waals surface area contributed by atoms with Crippen molar-refractivity contribution in [3.05, 3.63) is 97.0 Å². The van der Waals surface area contributed by atoms with Gasteiger partial charge in [-0.15, -0.1) is 0 Å². The molecule has 0 fully saturated rings. The SMILES string of the molecule is N#CC(=Cc1ccc(OCc2ccc(Cl)cc2)c(I)c1)c1ccccc1Cl. The third-order valence-electron chi connectivity index (χ3n) is 3.86. The van der Waals surface area contributed by atoms with Gasteiger partial charge in [-0.05, 0) is 70.1 Å². The second kappa shape index (κ2) is 9.27. The Morgan fingerprint density at radius 2 is 1.78 bits per heavy atom. The summed E-state index contributed by atoms with van der Waals surface area (Å²) in [6.45, 7) is 0.464. The van der Waals surface area contributed by atoms with Crippen molar-refractivity contribution in [2.75, 3.05) is 0 Å². The minimum atomic E-state index is 0.464. The summed E-state index contributed by atoms with van der Waals surface area (Å²) >= 11 is 14.3. The molecule has 134 valence electrons. The van der Waals surface area contributed by atoms with E-state index in [9.17, 15) is 5.26 Å². The lowest BCUT2D eigenvalue weighted by atomic mass is 10.0. The van der Waals surface area contributed by atoms with E-state index in [1.165, 1.54) is 0 Å². The van der Waals surface area contributed by atoms with Crippen LogP contribution in [0, 0.1) is 14.9 Å². The number of ether oxygens (including phenoxy) is 1. The molecule has 0 unspecified atom stereocenters. The number of nitriles is 1. The van der Waals surface area contributed by atoms with Gasteiger partial charge >= 0.3 is 0 Å². The quantitative estimate of drug-likeness (QED) is 0.208. The summed E-state index contributed by atoms with van der Waals surface area (Å²) in [6.07, 6.45) is 1.83. The highest BCUT2D eigenvalue weighted by molar-refractivity contribution is 14.1. The first-order chi connectivity index (χ1) is 13.1. The Hall–Kier alpha value is -2.00. The van der Waals surface area contributed by atoms with Gasteiger partial charge in [0.2, 0.25) is 0 Å². The molecule has 0 atom stereocenters. The van der Waals surface area contributed by atoms with Crippen LogP contribution in [0.2, 0.25) is 10.0 Å². The Labute approximate surface area is 182 Å². The zero-order valence-electron chi connectivity index (χ0n) is 14.1. The molecule has 0 spiro atoms. The summed E-state index contributed by atoms with van der Waals surface area (Å²) in [6, 6.07) is 22.9. The molecule has 0 bridgehead atoms. The number of halogens is 3. The van der Waals surface area contributed by atoms with Crippen LogP contribution in [0.3, 0.4) is 0 Å². The number of hydrogen-bond acceptors (Lipinski definition) is 2. The molecule has 0 saturated heterocycles. The third-order valence-corrected chi connectivity index (χ3v) is 5.28. The highest BCUT2D eigenvalue weighted by Crippen LogP contribution is 2.28. The van der Waals surface area contributed by atoms with E-state index in [-0.39, 0.29) is 0 Å². The average Bonchev–Trinajstić information content (AvgIpc) is 2.67. The van der Waals surface area contributed by atoms with Gasteiger partial charge in [-0.3, -0.25) is 0 Å². The zero-order valence-corrected chi connectivity index (χ0v) is 17.8. The average molecular weight is 506 g/mol. The van der Waals surface area contributed by atoms with Crippen LogP contribution in [0.15, 0.2) is 66.7 Å². The first kappa shape index (κ1) is 19.8. The molecule has 0 saturated carbocycles. The Bertz CT molecular complexity index is 1020. The Morgan fingerprint density at radius 3 is 2.44 bits per heavy atom. The Balaban J connectivity index is 1.78. The van der Waals surface area contributed by atoms with E-state index in [0.29, 0.717) is 22.2 Å². The van der Waals surface area contributed by atoms with Crippen LogP contribution in [0.1, 0.15) is 16.7 Å². The number of rotatable bonds is 5. The summed E-state index contributed by atoms with van der Waals surface area (Å²) in [5.74, 6) is 0.791. The molecular formula is C22H14Cl2INO. The zero-order chi connectivity index (χ0) is 19.2. The van der Waals surface area contributed by atoms with E-state index in [4.69, 9.17) is 27.9 Å². The van der Waals surface area contributed by atoms with E-state index in [2.05, 4.69) is 28.7 Å². The predicted octanol–water partition coefficient (Wildman–Crippen LogP) is 7.24. The molecule has 27 heavy (non-hydrogen) atoms. The van der Waals surface area contributed by atoms with E-state index >= 15 is 0 Å². The van der Waals surface area contributed by atoms with Crippen molar-refractivity contribution >= 4 is 57.4 Å². The maximum atomic E-state index is 9.51. The summed E-state index contributed by atoms with van der Waals surface area (Å²) in [5.41, 5.74) is 3.20. The number of benzene rings is 3. The minimum Gasteiger partial charge on any atom is -0.488 e. The molecule has 0 aliphatic carbocycles. The second-order valence-electron chi connectivity index (χ2n) is 5.75. The minimum absolute atomic E-state index is 0.464. The molecule has 2 nitrogen and oxygen atoms in total. The first-order valence-corrected chi connectivity index (χ1v) is 9.94.